The van der Waals surface area contributed by atoms with E-state index in [-0.39, 0.29) is 16.9 Å². The molecule has 6 nitrogen and oxygen atoms in total. The van der Waals surface area contributed by atoms with Gasteiger partial charge in [-0.3, -0.25) is 14.2 Å². The fourth-order valence-electron chi connectivity index (χ4n) is 2.86. The lowest BCUT2D eigenvalue weighted by atomic mass is 10.1. The molecule has 0 fully saturated rings. The van der Waals surface area contributed by atoms with Gasteiger partial charge in [0.25, 0.3) is 5.56 Å². The van der Waals surface area contributed by atoms with Crippen molar-refractivity contribution < 1.29 is 14.3 Å². The van der Waals surface area contributed by atoms with Gasteiger partial charge >= 0.3 is 5.63 Å². The minimum Gasteiger partial charge on any atom is -0.506 e. The molecule has 0 radical (unpaired) electrons. The van der Waals surface area contributed by atoms with Gasteiger partial charge in [0.1, 0.15) is 22.3 Å². The Balaban J connectivity index is 2.54. The molecule has 3 aromatic rings. The summed E-state index contributed by atoms with van der Waals surface area (Å²) in [4.78, 5) is 36.7. The summed E-state index contributed by atoms with van der Waals surface area (Å²) < 4.78 is 6.60. The van der Waals surface area contributed by atoms with Crippen molar-refractivity contribution >= 4 is 16.8 Å². The number of pyridine rings is 1. The van der Waals surface area contributed by atoms with Gasteiger partial charge in [0.05, 0.1) is 0 Å². The number of Topliss-reactive ketones (excluding diaryl/α,β-unsaturated/α-hetero) is 1. The van der Waals surface area contributed by atoms with E-state index in [0.29, 0.717) is 11.4 Å². The topological polar surface area (TPSA) is 89.5 Å². The Morgan fingerprint density at radius 1 is 1.16 bits per heavy atom. The van der Waals surface area contributed by atoms with Gasteiger partial charge in [-0.1, -0.05) is 32.0 Å². The smallest absolute Gasteiger partial charge is 0.351 e. The summed E-state index contributed by atoms with van der Waals surface area (Å²) in [7, 11) is 0. The van der Waals surface area contributed by atoms with Crippen molar-refractivity contribution in [2.45, 2.75) is 26.7 Å². The first kappa shape index (κ1) is 16.7. The Kier molecular flexibility index (Phi) is 4.04. The van der Waals surface area contributed by atoms with E-state index in [2.05, 4.69) is 0 Å². The highest BCUT2D eigenvalue weighted by molar-refractivity contribution is 6.01. The van der Waals surface area contributed by atoms with Crippen LogP contribution >= 0.6 is 0 Å². The average Bonchev–Trinajstić information content (AvgIpc) is 2.54. The van der Waals surface area contributed by atoms with Crippen molar-refractivity contribution in [1.29, 1.82) is 0 Å². The number of rotatable bonds is 3. The molecule has 0 saturated carbocycles. The van der Waals surface area contributed by atoms with Crippen LogP contribution in [-0.4, -0.2) is 15.5 Å². The Morgan fingerprint density at radius 3 is 2.36 bits per heavy atom. The number of carbonyl (C=O) groups is 1. The molecule has 2 heterocycles. The maximum atomic E-state index is 13.1. The summed E-state index contributed by atoms with van der Waals surface area (Å²) in [6.45, 7) is 4.94. The number of benzene rings is 1. The predicted molar refractivity (Wildman–Crippen MR) is 93.8 cm³/mol. The van der Waals surface area contributed by atoms with Gasteiger partial charge in [-0.05, 0) is 25.0 Å². The van der Waals surface area contributed by atoms with Crippen LogP contribution in [-0.2, 0) is 0 Å². The van der Waals surface area contributed by atoms with Crippen molar-refractivity contribution in [1.82, 2.24) is 4.57 Å². The summed E-state index contributed by atoms with van der Waals surface area (Å²) in [5.74, 6) is -1.34. The molecule has 0 atom stereocenters. The lowest BCUT2D eigenvalue weighted by molar-refractivity contribution is 0.101. The number of hydrogen-bond acceptors (Lipinski definition) is 5. The van der Waals surface area contributed by atoms with E-state index in [9.17, 15) is 19.5 Å². The highest BCUT2D eigenvalue weighted by Crippen LogP contribution is 2.27. The number of carbonyl (C=O) groups excluding carboxylic acids is 1. The molecule has 2 aromatic heterocycles. The molecule has 1 N–H and O–H groups in total. The van der Waals surface area contributed by atoms with Gasteiger partial charge in [0.2, 0.25) is 0 Å². The van der Waals surface area contributed by atoms with Crippen LogP contribution in [0.5, 0.6) is 5.75 Å². The van der Waals surface area contributed by atoms with E-state index in [1.54, 1.807) is 30.3 Å². The van der Waals surface area contributed by atoms with Crippen LogP contribution < -0.4 is 11.2 Å². The van der Waals surface area contributed by atoms with E-state index < -0.39 is 28.3 Å². The summed E-state index contributed by atoms with van der Waals surface area (Å²) in [5.41, 5.74) is -0.801. The lowest BCUT2D eigenvalue weighted by Gasteiger charge is -2.17. The van der Waals surface area contributed by atoms with E-state index in [0.717, 1.165) is 6.92 Å². The molecule has 6 heteroatoms. The van der Waals surface area contributed by atoms with Crippen molar-refractivity contribution in [3.8, 4) is 11.4 Å². The van der Waals surface area contributed by atoms with Crippen molar-refractivity contribution in [2.75, 3.05) is 0 Å². The molecular formula is C19H17NO5. The lowest BCUT2D eigenvalue weighted by Crippen LogP contribution is -2.24. The fourth-order valence-corrected chi connectivity index (χ4v) is 2.86. The van der Waals surface area contributed by atoms with E-state index >= 15 is 0 Å². The molecule has 0 spiro atoms. The SMILES string of the molecule is CC(=O)c1c(O)c2c(=O)n(-c3ccccc3)c(C(C)C)cc2oc1=O. The highest BCUT2D eigenvalue weighted by atomic mass is 16.4. The third-order valence-corrected chi connectivity index (χ3v) is 4.04. The first-order chi connectivity index (χ1) is 11.8. The Bertz CT molecular complexity index is 1090. The van der Waals surface area contributed by atoms with Crippen LogP contribution in [0.25, 0.3) is 16.7 Å². The minimum absolute atomic E-state index is 0.0339. The van der Waals surface area contributed by atoms with Crippen molar-refractivity contribution in [3.05, 3.63) is 68.4 Å². The largest absolute Gasteiger partial charge is 0.506 e. The van der Waals surface area contributed by atoms with Gasteiger partial charge in [-0.15, -0.1) is 0 Å². The molecule has 0 aliphatic rings. The van der Waals surface area contributed by atoms with Crippen LogP contribution in [0.1, 0.15) is 42.7 Å². The normalized spacial score (nSPS) is 11.2. The molecule has 0 bridgehead atoms. The number of aromatic nitrogens is 1. The number of para-hydroxylation sites is 1. The van der Waals surface area contributed by atoms with Gasteiger partial charge in [-0.25, -0.2) is 4.79 Å². The number of hydrogen-bond donors (Lipinski definition) is 1. The second-order valence-corrected chi connectivity index (χ2v) is 6.11. The second kappa shape index (κ2) is 6.05. The molecule has 3 rings (SSSR count). The van der Waals surface area contributed by atoms with E-state index in [4.69, 9.17) is 4.42 Å². The zero-order valence-corrected chi connectivity index (χ0v) is 14.1. The van der Waals surface area contributed by atoms with Gasteiger partial charge < -0.3 is 9.52 Å². The third kappa shape index (κ3) is 2.65. The van der Waals surface area contributed by atoms with Gasteiger partial charge in [0, 0.05) is 17.4 Å². The molecule has 0 aliphatic carbocycles. The van der Waals surface area contributed by atoms with Crippen LogP contribution in [0, 0.1) is 0 Å². The Hall–Kier alpha value is -3.15. The number of aromatic hydroxyl groups is 1. The first-order valence-corrected chi connectivity index (χ1v) is 7.85. The van der Waals surface area contributed by atoms with Gasteiger partial charge in [-0.2, -0.15) is 0 Å². The van der Waals surface area contributed by atoms with Crippen LogP contribution in [0.3, 0.4) is 0 Å². The molecule has 1 aromatic carbocycles. The molecule has 0 amide bonds. The van der Waals surface area contributed by atoms with E-state index in [1.165, 1.54) is 4.57 Å². The van der Waals surface area contributed by atoms with Crippen LogP contribution in [0.15, 0.2) is 50.4 Å². The van der Waals surface area contributed by atoms with E-state index in [1.807, 2.05) is 19.9 Å². The quantitative estimate of drug-likeness (QED) is 0.741. The van der Waals surface area contributed by atoms with Gasteiger partial charge in [0.15, 0.2) is 5.78 Å². The predicted octanol–water partition coefficient (Wildman–Crippen LogP) is 2.98. The summed E-state index contributed by atoms with van der Waals surface area (Å²) >= 11 is 0. The van der Waals surface area contributed by atoms with Crippen LogP contribution in [0.4, 0.5) is 0 Å². The maximum absolute atomic E-state index is 13.1. The standard InChI is InChI=1S/C19H17NO5/c1-10(2)13-9-14-16(17(22)15(11(3)21)19(24)25-14)18(23)20(13)12-7-5-4-6-8-12/h4-10,22H,1-3H3. The maximum Gasteiger partial charge on any atom is 0.351 e. The monoisotopic (exact) mass is 339 g/mol. The summed E-state index contributed by atoms with van der Waals surface area (Å²) in [5, 5.41) is 10.2. The molecule has 0 saturated heterocycles. The summed E-state index contributed by atoms with van der Waals surface area (Å²) in [6, 6.07) is 10.5. The molecular weight excluding hydrogens is 322 g/mol. The molecule has 128 valence electrons. The Morgan fingerprint density at radius 2 is 1.80 bits per heavy atom. The summed E-state index contributed by atoms with van der Waals surface area (Å²) in [6.07, 6.45) is 0. The minimum atomic E-state index is -0.955. The third-order valence-electron chi connectivity index (χ3n) is 4.04. The second-order valence-electron chi connectivity index (χ2n) is 6.11. The molecule has 25 heavy (non-hydrogen) atoms. The highest BCUT2D eigenvalue weighted by Gasteiger charge is 2.23. The number of nitrogens with zero attached hydrogens (tertiary/aromatic N) is 1. The zero-order chi connectivity index (χ0) is 18.3. The van der Waals surface area contributed by atoms with Crippen molar-refractivity contribution in [3.63, 3.8) is 0 Å². The number of fused-ring (bicyclic) bond motifs is 1. The number of ketones is 1. The first-order valence-electron chi connectivity index (χ1n) is 7.85. The Labute approximate surface area is 143 Å². The zero-order valence-electron chi connectivity index (χ0n) is 14.1. The van der Waals surface area contributed by atoms with Crippen molar-refractivity contribution in [2.24, 2.45) is 0 Å². The molecule has 0 aliphatic heterocycles. The fraction of sp³-hybridized carbons (Fsp3) is 0.211. The average molecular weight is 339 g/mol. The van der Waals surface area contributed by atoms with Crippen LogP contribution in [0.2, 0.25) is 0 Å². The molecule has 0 unspecified atom stereocenters.